The average molecular weight is 223 g/mol. The van der Waals surface area contributed by atoms with E-state index < -0.39 is 5.97 Å². The number of nitrogens with zero attached hydrogens (tertiary/aromatic N) is 2. The summed E-state index contributed by atoms with van der Waals surface area (Å²) in [6.07, 6.45) is 5.97. The second-order valence-electron chi connectivity index (χ2n) is 4.35. The summed E-state index contributed by atoms with van der Waals surface area (Å²) in [5.41, 5.74) is 6.81. The fourth-order valence-corrected chi connectivity index (χ4v) is 2.38. The number of carboxylic acids is 1. The molecule has 0 aromatic carbocycles. The van der Waals surface area contributed by atoms with Crippen LogP contribution in [0.2, 0.25) is 0 Å². The third-order valence-corrected chi connectivity index (χ3v) is 3.18. The van der Waals surface area contributed by atoms with E-state index in [2.05, 4.69) is 5.10 Å². The van der Waals surface area contributed by atoms with Gasteiger partial charge in [-0.15, -0.1) is 0 Å². The fraction of sp³-hybridized carbons (Fsp3) is 0.636. The van der Waals surface area contributed by atoms with E-state index in [1.807, 2.05) is 0 Å². The van der Waals surface area contributed by atoms with Crippen LogP contribution in [0.15, 0.2) is 12.3 Å². The molecule has 0 aliphatic heterocycles. The highest BCUT2D eigenvalue weighted by atomic mass is 16.4. The zero-order chi connectivity index (χ0) is 11.5. The van der Waals surface area contributed by atoms with Crippen LogP contribution in [0.1, 0.15) is 37.4 Å². The van der Waals surface area contributed by atoms with Gasteiger partial charge in [-0.3, -0.25) is 9.48 Å². The summed E-state index contributed by atoms with van der Waals surface area (Å²) in [5, 5.41) is 13.0. The Balaban J connectivity index is 2.18. The van der Waals surface area contributed by atoms with Gasteiger partial charge in [-0.1, -0.05) is 12.8 Å². The second-order valence-corrected chi connectivity index (χ2v) is 4.35. The summed E-state index contributed by atoms with van der Waals surface area (Å²) in [7, 11) is 0. The van der Waals surface area contributed by atoms with Crippen molar-refractivity contribution in [3.05, 3.63) is 18.0 Å². The van der Waals surface area contributed by atoms with Crippen LogP contribution in [0.3, 0.4) is 0 Å². The molecule has 1 aliphatic rings. The number of rotatable bonds is 3. The van der Waals surface area contributed by atoms with Crippen LogP contribution in [0.4, 0.5) is 0 Å². The van der Waals surface area contributed by atoms with Gasteiger partial charge in [-0.25, -0.2) is 0 Å². The maximum absolute atomic E-state index is 10.7. The third kappa shape index (κ3) is 2.24. The Morgan fingerprint density at radius 3 is 3.00 bits per heavy atom. The van der Waals surface area contributed by atoms with Gasteiger partial charge in [-0.2, -0.15) is 5.10 Å². The van der Waals surface area contributed by atoms with E-state index in [0.717, 1.165) is 31.4 Å². The van der Waals surface area contributed by atoms with Gasteiger partial charge in [0.15, 0.2) is 0 Å². The summed E-state index contributed by atoms with van der Waals surface area (Å²) >= 11 is 0. The molecule has 2 atom stereocenters. The molecule has 1 fully saturated rings. The lowest BCUT2D eigenvalue weighted by Gasteiger charge is -2.29. The van der Waals surface area contributed by atoms with Crippen molar-refractivity contribution in [2.75, 3.05) is 0 Å². The summed E-state index contributed by atoms with van der Waals surface area (Å²) < 4.78 is 1.80. The first kappa shape index (κ1) is 11.1. The third-order valence-electron chi connectivity index (χ3n) is 3.18. The first-order chi connectivity index (χ1) is 7.68. The van der Waals surface area contributed by atoms with Gasteiger partial charge < -0.3 is 10.8 Å². The molecule has 16 heavy (non-hydrogen) atoms. The Labute approximate surface area is 94.2 Å². The molecule has 1 heterocycles. The lowest BCUT2D eigenvalue weighted by molar-refractivity contribution is -0.136. The molecular weight excluding hydrogens is 206 g/mol. The predicted molar refractivity (Wildman–Crippen MR) is 59.0 cm³/mol. The number of hydrogen-bond donors (Lipinski definition) is 2. The molecule has 1 saturated carbocycles. The maximum Gasteiger partial charge on any atom is 0.309 e. The van der Waals surface area contributed by atoms with E-state index in [1.54, 1.807) is 16.9 Å². The first-order valence-corrected chi connectivity index (χ1v) is 5.68. The molecular formula is C11H17N3O2. The zero-order valence-electron chi connectivity index (χ0n) is 9.17. The van der Waals surface area contributed by atoms with E-state index in [9.17, 15) is 4.79 Å². The number of carboxylic acid groups (broad SMARTS) is 1. The lowest BCUT2D eigenvalue weighted by atomic mass is 9.91. The number of hydrogen-bond acceptors (Lipinski definition) is 3. The van der Waals surface area contributed by atoms with Crippen LogP contribution in [-0.4, -0.2) is 26.9 Å². The molecule has 0 amide bonds. The SMILES string of the molecule is NC1CCCCC1n1nccc1CC(=O)O. The molecule has 1 aliphatic carbocycles. The lowest BCUT2D eigenvalue weighted by Crippen LogP contribution is -2.36. The molecule has 2 rings (SSSR count). The molecule has 1 aromatic rings. The quantitative estimate of drug-likeness (QED) is 0.799. The minimum Gasteiger partial charge on any atom is -0.481 e. The van der Waals surface area contributed by atoms with Gasteiger partial charge in [0.1, 0.15) is 0 Å². The van der Waals surface area contributed by atoms with Crippen LogP contribution >= 0.6 is 0 Å². The first-order valence-electron chi connectivity index (χ1n) is 5.68. The van der Waals surface area contributed by atoms with E-state index in [0.29, 0.717) is 0 Å². The Morgan fingerprint density at radius 1 is 1.56 bits per heavy atom. The van der Waals surface area contributed by atoms with E-state index in [1.165, 1.54) is 0 Å². The Bertz CT molecular complexity index is 375. The van der Waals surface area contributed by atoms with Crippen LogP contribution in [-0.2, 0) is 11.2 Å². The van der Waals surface area contributed by atoms with Crippen molar-refractivity contribution in [1.82, 2.24) is 9.78 Å². The molecule has 3 N–H and O–H groups in total. The monoisotopic (exact) mass is 223 g/mol. The molecule has 2 unspecified atom stereocenters. The van der Waals surface area contributed by atoms with Gasteiger partial charge >= 0.3 is 5.97 Å². The Morgan fingerprint density at radius 2 is 2.31 bits per heavy atom. The molecule has 88 valence electrons. The molecule has 0 bridgehead atoms. The summed E-state index contributed by atoms with van der Waals surface area (Å²) in [6.45, 7) is 0. The fourth-order valence-electron chi connectivity index (χ4n) is 2.38. The minimum atomic E-state index is -0.828. The minimum absolute atomic E-state index is 0.0171. The van der Waals surface area contributed by atoms with Crippen molar-refractivity contribution < 1.29 is 9.90 Å². The standard InChI is InChI=1S/C11H17N3O2/c12-9-3-1-2-4-10(9)14-8(5-6-13-14)7-11(15)16/h5-6,9-10H,1-4,7,12H2,(H,15,16). The van der Waals surface area contributed by atoms with Gasteiger partial charge in [0.05, 0.1) is 12.5 Å². The molecule has 0 radical (unpaired) electrons. The summed E-state index contributed by atoms with van der Waals surface area (Å²) in [6, 6.07) is 2.02. The predicted octanol–water partition coefficient (Wildman–Crippen LogP) is 0.953. The van der Waals surface area contributed by atoms with Crippen LogP contribution < -0.4 is 5.73 Å². The molecule has 0 spiro atoms. The smallest absolute Gasteiger partial charge is 0.309 e. The molecule has 5 nitrogen and oxygen atoms in total. The van der Waals surface area contributed by atoms with Crippen molar-refractivity contribution in [2.24, 2.45) is 5.73 Å². The largest absolute Gasteiger partial charge is 0.481 e. The highest BCUT2D eigenvalue weighted by molar-refractivity contribution is 5.69. The normalized spacial score (nSPS) is 25.6. The highest BCUT2D eigenvalue weighted by Gasteiger charge is 2.25. The van der Waals surface area contributed by atoms with E-state index >= 15 is 0 Å². The highest BCUT2D eigenvalue weighted by Crippen LogP contribution is 2.27. The van der Waals surface area contributed by atoms with Crippen molar-refractivity contribution in [2.45, 2.75) is 44.2 Å². The molecule has 0 saturated heterocycles. The number of aliphatic carboxylic acids is 1. The van der Waals surface area contributed by atoms with Gasteiger partial charge in [0, 0.05) is 17.9 Å². The molecule has 1 aromatic heterocycles. The topological polar surface area (TPSA) is 81.1 Å². The van der Waals surface area contributed by atoms with Crippen LogP contribution in [0.25, 0.3) is 0 Å². The van der Waals surface area contributed by atoms with E-state index in [-0.39, 0.29) is 18.5 Å². The van der Waals surface area contributed by atoms with Crippen molar-refractivity contribution in [1.29, 1.82) is 0 Å². The summed E-state index contributed by atoms with van der Waals surface area (Å²) in [5.74, 6) is -0.828. The van der Waals surface area contributed by atoms with Crippen LogP contribution in [0.5, 0.6) is 0 Å². The Hall–Kier alpha value is -1.36. The van der Waals surface area contributed by atoms with Crippen LogP contribution in [0, 0.1) is 0 Å². The number of aromatic nitrogens is 2. The van der Waals surface area contributed by atoms with Crippen molar-refractivity contribution >= 4 is 5.97 Å². The van der Waals surface area contributed by atoms with Gasteiger partial charge in [0.25, 0.3) is 0 Å². The van der Waals surface area contributed by atoms with Crippen molar-refractivity contribution in [3.8, 4) is 0 Å². The maximum atomic E-state index is 10.7. The van der Waals surface area contributed by atoms with Gasteiger partial charge in [0.2, 0.25) is 0 Å². The average Bonchev–Trinajstić information content (AvgIpc) is 2.66. The van der Waals surface area contributed by atoms with Gasteiger partial charge in [-0.05, 0) is 18.9 Å². The second kappa shape index (κ2) is 4.65. The zero-order valence-corrected chi connectivity index (χ0v) is 9.17. The number of carbonyl (C=O) groups is 1. The summed E-state index contributed by atoms with van der Waals surface area (Å²) in [4.78, 5) is 10.7. The number of nitrogens with two attached hydrogens (primary N) is 1. The molecule has 5 heteroatoms. The van der Waals surface area contributed by atoms with E-state index in [4.69, 9.17) is 10.8 Å². The van der Waals surface area contributed by atoms with Crippen molar-refractivity contribution in [3.63, 3.8) is 0 Å². The Kier molecular flexibility index (Phi) is 3.24.